The average Bonchev–Trinajstić information content (AvgIpc) is 3.06. The predicted molar refractivity (Wildman–Crippen MR) is 69.5 cm³/mol. The molecule has 3 rings (SSSR count). The van der Waals surface area contributed by atoms with Gasteiger partial charge >= 0.3 is 0 Å². The Hall–Kier alpha value is -0.650. The molecule has 1 aromatic rings. The Balaban J connectivity index is 1.61. The standard InChI is InChI=1S/C12H19N3OS/c1-15-4-5-16-7-11(15)10-8-17-12(14-10)13-6-9-2-3-9/h8-9,11H,2-7H2,1H3,(H,13,14). The second-order valence-corrected chi connectivity index (χ2v) is 5.83. The number of nitrogens with one attached hydrogen (secondary N) is 1. The van der Waals surface area contributed by atoms with E-state index in [2.05, 4.69) is 27.6 Å². The average molecular weight is 253 g/mol. The molecule has 2 fully saturated rings. The molecule has 1 atom stereocenters. The zero-order valence-electron chi connectivity index (χ0n) is 10.2. The highest BCUT2D eigenvalue weighted by Crippen LogP contribution is 2.30. The van der Waals surface area contributed by atoms with E-state index in [0.29, 0.717) is 6.04 Å². The van der Waals surface area contributed by atoms with Gasteiger partial charge in [0.25, 0.3) is 0 Å². The van der Waals surface area contributed by atoms with Crippen LogP contribution in [-0.4, -0.2) is 43.2 Å². The van der Waals surface area contributed by atoms with Crippen molar-refractivity contribution in [1.82, 2.24) is 9.88 Å². The van der Waals surface area contributed by atoms with Crippen LogP contribution < -0.4 is 5.32 Å². The molecule has 0 radical (unpaired) electrons. The summed E-state index contributed by atoms with van der Waals surface area (Å²) in [4.78, 5) is 6.99. The van der Waals surface area contributed by atoms with Gasteiger partial charge in [0.15, 0.2) is 5.13 Å². The molecule has 1 aliphatic heterocycles. The van der Waals surface area contributed by atoms with Crippen molar-refractivity contribution in [3.05, 3.63) is 11.1 Å². The summed E-state index contributed by atoms with van der Waals surface area (Å²) in [6.45, 7) is 3.68. The molecule has 5 heteroatoms. The van der Waals surface area contributed by atoms with E-state index >= 15 is 0 Å². The number of morpholine rings is 1. The Labute approximate surface area is 106 Å². The van der Waals surface area contributed by atoms with Crippen LogP contribution in [0, 0.1) is 5.92 Å². The second kappa shape index (κ2) is 4.92. The number of nitrogens with zero attached hydrogens (tertiary/aromatic N) is 2. The van der Waals surface area contributed by atoms with E-state index in [9.17, 15) is 0 Å². The molecule has 1 unspecified atom stereocenters. The van der Waals surface area contributed by atoms with Gasteiger partial charge in [0.05, 0.1) is 24.9 Å². The van der Waals surface area contributed by atoms with Crippen LogP contribution >= 0.6 is 11.3 Å². The number of likely N-dealkylation sites (N-methyl/N-ethyl adjacent to an activating group) is 1. The van der Waals surface area contributed by atoms with E-state index in [1.54, 1.807) is 11.3 Å². The Bertz CT molecular complexity index is 378. The smallest absolute Gasteiger partial charge is 0.182 e. The normalized spacial score (nSPS) is 26.1. The van der Waals surface area contributed by atoms with Crippen molar-refractivity contribution in [3.8, 4) is 0 Å². The van der Waals surface area contributed by atoms with Gasteiger partial charge in [0.2, 0.25) is 0 Å². The summed E-state index contributed by atoms with van der Waals surface area (Å²) in [5, 5.41) is 6.65. The Kier molecular flexibility index (Phi) is 3.31. The van der Waals surface area contributed by atoms with Crippen LogP contribution in [0.3, 0.4) is 0 Å². The third kappa shape index (κ3) is 2.78. The lowest BCUT2D eigenvalue weighted by molar-refractivity contribution is 0.00377. The maximum atomic E-state index is 5.53. The van der Waals surface area contributed by atoms with E-state index in [1.807, 2.05) is 0 Å². The van der Waals surface area contributed by atoms with E-state index in [0.717, 1.165) is 43.0 Å². The lowest BCUT2D eigenvalue weighted by Gasteiger charge is -2.31. The lowest BCUT2D eigenvalue weighted by atomic mass is 10.2. The Morgan fingerprint density at radius 1 is 1.59 bits per heavy atom. The van der Waals surface area contributed by atoms with Crippen LogP contribution in [0.1, 0.15) is 24.6 Å². The Morgan fingerprint density at radius 3 is 3.24 bits per heavy atom. The van der Waals surface area contributed by atoms with Gasteiger partial charge in [-0.2, -0.15) is 0 Å². The van der Waals surface area contributed by atoms with Crippen LogP contribution in [0.4, 0.5) is 5.13 Å². The molecule has 4 nitrogen and oxygen atoms in total. The SMILES string of the molecule is CN1CCOCC1c1csc(NCC2CC2)n1. The molecule has 2 heterocycles. The van der Waals surface area contributed by atoms with Gasteiger partial charge in [-0.25, -0.2) is 4.98 Å². The number of hydrogen-bond donors (Lipinski definition) is 1. The highest BCUT2D eigenvalue weighted by atomic mass is 32.1. The fourth-order valence-corrected chi connectivity index (χ4v) is 2.84. The van der Waals surface area contributed by atoms with Crippen molar-refractivity contribution in [2.45, 2.75) is 18.9 Å². The molecule has 1 saturated carbocycles. The zero-order valence-corrected chi connectivity index (χ0v) is 11.0. The van der Waals surface area contributed by atoms with Crippen LogP contribution in [0.15, 0.2) is 5.38 Å². The van der Waals surface area contributed by atoms with Crippen molar-refractivity contribution in [2.75, 3.05) is 38.7 Å². The first-order chi connectivity index (χ1) is 8.33. The van der Waals surface area contributed by atoms with Gasteiger partial charge < -0.3 is 10.1 Å². The first-order valence-electron chi connectivity index (χ1n) is 6.30. The molecule has 0 aromatic carbocycles. The first-order valence-corrected chi connectivity index (χ1v) is 7.18. The minimum atomic E-state index is 0.330. The largest absolute Gasteiger partial charge is 0.378 e. The van der Waals surface area contributed by atoms with E-state index in [4.69, 9.17) is 4.74 Å². The quantitative estimate of drug-likeness (QED) is 0.890. The van der Waals surface area contributed by atoms with Crippen molar-refractivity contribution >= 4 is 16.5 Å². The third-order valence-corrected chi connectivity index (χ3v) is 4.32. The van der Waals surface area contributed by atoms with Gasteiger partial charge in [-0.05, 0) is 25.8 Å². The van der Waals surface area contributed by atoms with E-state index in [1.165, 1.54) is 12.8 Å². The summed E-state index contributed by atoms with van der Waals surface area (Å²) >= 11 is 1.71. The monoisotopic (exact) mass is 253 g/mol. The van der Waals surface area contributed by atoms with Crippen molar-refractivity contribution in [2.24, 2.45) is 5.92 Å². The second-order valence-electron chi connectivity index (χ2n) is 4.97. The van der Waals surface area contributed by atoms with Crippen molar-refractivity contribution in [3.63, 3.8) is 0 Å². The molecule has 1 aliphatic carbocycles. The number of rotatable bonds is 4. The van der Waals surface area contributed by atoms with E-state index < -0.39 is 0 Å². The van der Waals surface area contributed by atoms with Crippen LogP contribution in [0.2, 0.25) is 0 Å². The summed E-state index contributed by atoms with van der Waals surface area (Å²) in [5.74, 6) is 0.892. The lowest BCUT2D eigenvalue weighted by Crippen LogP contribution is -2.36. The van der Waals surface area contributed by atoms with Crippen molar-refractivity contribution in [1.29, 1.82) is 0 Å². The summed E-state index contributed by atoms with van der Waals surface area (Å²) in [5.41, 5.74) is 1.15. The molecule has 0 bridgehead atoms. The van der Waals surface area contributed by atoms with Crippen LogP contribution in [-0.2, 0) is 4.74 Å². The highest BCUT2D eigenvalue weighted by molar-refractivity contribution is 7.13. The van der Waals surface area contributed by atoms with Gasteiger partial charge in [-0.15, -0.1) is 11.3 Å². The number of hydrogen-bond acceptors (Lipinski definition) is 5. The maximum absolute atomic E-state index is 5.53. The number of ether oxygens (including phenoxy) is 1. The minimum absolute atomic E-state index is 0.330. The molecule has 1 saturated heterocycles. The molecule has 1 aromatic heterocycles. The molecule has 0 spiro atoms. The molecular weight excluding hydrogens is 234 g/mol. The van der Waals surface area contributed by atoms with Gasteiger partial charge in [0, 0.05) is 18.5 Å². The molecular formula is C12H19N3OS. The molecule has 0 amide bonds. The third-order valence-electron chi connectivity index (χ3n) is 3.50. The number of aromatic nitrogens is 1. The number of thiazole rings is 1. The number of anilines is 1. The fraction of sp³-hybridized carbons (Fsp3) is 0.750. The van der Waals surface area contributed by atoms with Gasteiger partial charge in [0.1, 0.15) is 0 Å². The van der Waals surface area contributed by atoms with Gasteiger partial charge in [-0.1, -0.05) is 0 Å². The summed E-state index contributed by atoms with van der Waals surface area (Å²) in [6.07, 6.45) is 2.76. The Morgan fingerprint density at radius 2 is 2.47 bits per heavy atom. The predicted octanol–water partition coefficient (Wildman–Crippen LogP) is 1.97. The summed E-state index contributed by atoms with van der Waals surface area (Å²) < 4.78 is 5.53. The zero-order chi connectivity index (χ0) is 11.7. The molecule has 94 valence electrons. The van der Waals surface area contributed by atoms with Crippen LogP contribution in [0.25, 0.3) is 0 Å². The molecule has 1 N–H and O–H groups in total. The first kappa shape index (κ1) is 11.4. The topological polar surface area (TPSA) is 37.4 Å². The van der Waals surface area contributed by atoms with Gasteiger partial charge in [-0.3, -0.25) is 4.90 Å². The minimum Gasteiger partial charge on any atom is -0.378 e. The summed E-state index contributed by atoms with van der Waals surface area (Å²) in [7, 11) is 2.14. The van der Waals surface area contributed by atoms with E-state index in [-0.39, 0.29) is 0 Å². The maximum Gasteiger partial charge on any atom is 0.182 e. The molecule has 2 aliphatic rings. The van der Waals surface area contributed by atoms with Crippen LogP contribution in [0.5, 0.6) is 0 Å². The molecule has 17 heavy (non-hydrogen) atoms. The van der Waals surface area contributed by atoms with Crippen molar-refractivity contribution < 1.29 is 4.74 Å². The fourth-order valence-electron chi connectivity index (χ4n) is 2.07. The highest BCUT2D eigenvalue weighted by Gasteiger charge is 2.24. The summed E-state index contributed by atoms with van der Waals surface area (Å²) in [6, 6.07) is 0.330.